The summed E-state index contributed by atoms with van der Waals surface area (Å²) in [4.78, 5) is 10.2. The highest BCUT2D eigenvalue weighted by atomic mass is 16.5. The van der Waals surface area contributed by atoms with Crippen molar-refractivity contribution in [3.63, 3.8) is 0 Å². The van der Waals surface area contributed by atoms with E-state index in [2.05, 4.69) is 5.18 Å². The average molecular weight is 165 g/mol. The van der Waals surface area contributed by atoms with Crippen molar-refractivity contribution in [3.05, 3.63) is 28.7 Å². The van der Waals surface area contributed by atoms with Gasteiger partial charge >= 0.3 is 0 Å². The van der Waals surface area contributed by atoms with Crippen LogP contribution in [0, 0.1) is 4.91 Å². The predicted molar refractivity (Wildman–Crippen MR) is 47.8 cm³/mol. The van der Waals surface area contributed by atoms with Gasteiger partial charge in [-0.05, 0) is 35.4 Å². The zero-order chi connectivity index (χ0) is 8.97. The molecule has 3 heteroatoms. The molecule has 12 heavy (non-hydrogen) atoms. The number of rotatable bonds is 3. The summed E-state index contributed by atoms with van der Waals surface area (Å²) in [5, 5.41) is 2.85. The number of nitroso groups, excluding NO2 is 1. The molecule has 0 radical (unpaired) electrons. The summed E-state index contributed by atoms with van der Waals surface area (Å²) in [5.74, 6) is 0.810. The minimum atomic E-state index is 0.452. The van der Waals surface area contributed by atoms with Crippen LogP contribution in [0.4, 0.5) is 5.69 Å². The van der Waals surface area contributed by atoms with Crippen LogP contribution in [0.1, 0.15) is 12.5 Å². The zero-order valence-electron chi connectivity index (χ0n) is 7.20. The topological polar surface area (TPSA) is 38.7 Å². The van der Waals surface area contributed by atoms with E-state index in [-0.39, 0.29) is 0 Å². The minimum Gasteiger partial charge on any atom is -0.496 e. The van der Waals surface area contributed by atoms with Gasteiger partial charge in [-0.25, -0.2) is 0 Å². The maximum absolute atomic E-state index is 10.2. The van der Waals surface area contributed by atoms with Crippen LogP contribution in [0.2, 0.25) is 0 Å². The van der Waals surface area contributed by atoms with Crippen LogP contribution < -0.4 is 4.74 Å². The van der Waals surface area contributed by atoms with E-state index in [4.69, 9.17) is 4.74 Å². The summed E-state index contributed by atoms with van der Waals surface area (Å²) >= 11 is 0. The lowest BCUT2D eigenvalue weighted by atomic mass is 10.1. The standard InChI is InChI=1S/C9H11NO2/c1-3-7-6-8(10-11)4-5-9(7)12-2/h4-6H,3H2,1-2H3. The molecule has 3 nitrogen and oxygen atoms in total. The largest absolute Gasteiger partial charge is 0.496 e. The quantitative estimate of drug-likeness (QED) is 0.646. The second-order valence-electron chi connectivity index (χ2n) is 2.44. The normalized spacial score (nSPS) is 9.50. The summed E-state index contributed by atoms with van der Waals surface area (Å²) in [6.45, 7) is 2.01. The van der Waals surface area contributed by atoms with E-state index in [0.29, 0.717) is 5.69 Å². The molecule has 0 fully saturated rings. The van der Waals surface area contributed by atoms with Crippen molar-refractivity contribution in [2.24, 2.45) is 5.18 Å². The lowest BCUT2D eigenvalue weighted by Crippen LogP contribution is -1.89. The van der Waals surface area contributed by atoms with E-state index in [1.165, 1.54) is 0 Å². The fraction of sp³-hybridized carbons (Fsp3) is 0.333. The smallest absolute Gasteiger partial charge is 0.122 e. The molecule has 1 rings (SSSR count). The zero-order valence-corrected chi connectivity index (χ0v) is 7.20. The van der Waals surface area contributed by atoms with Gasteiger partial charge in [-0.2, -0.15) is 0 Å². The predicted octanol–water partition coefficient (Wildman–Crippen LogP) is 2.66. The van der Waals surface area contributed by atoms with E-state index in [0.717, 1.165) is 17.7 Å². The van der Waals surface area contributed by atoms with Gasteiger partial charge in [0.2, 0.25) is 0 Å². The highest BCUT2D eigenvalue weighted by Gasteiger charge is 2.01. The van der Waals surface area contributed by atoms with Gasteiger partial charge in [0, 0.05) is 0 Å². The van der Waals surface area contributed by atoms with Gasteiger partial charge in [-0.15, -0.1) is 4.91 Å². The molecule has 0 unspecified atom stereocenters. The van der Waals surface area contributed by atoms with E-state index < -0.39 is 0 Å². The molecular weight excluding hydrogens is 154 g/mol. The fourth-order valence-electron chi connectivity index (χ4n) is 1.10. The first-order chi connectivity index (χ1) is 5.81. The second-order valence-corrected chi connectivity index (χ2v) is 2.44. The first-order valence-corrected chi connectivity index (χ1v) is 3.82. The molecule has 0 aliphatic rings. The number of benzene rings is 1. The fourth-order valence-corrected chi connectivity index (χ4v) is 1.10. The SMILES string of the molecule is CCc1cc(N=O)ccc1OC. The van der Waals surface area contributed by atoms with Crippen molar-refractivity contribution in [2.45, 2.75) is 13.3 Å². The molecular formula is C9H11NO2. The summed E-state index contributed by atoms with van der Waals surface area (Å²) in [6, 6.07) is 5.15. The van der Waals surface area contributed by atoms with Gasteiger partial charge in [-0.3, -0.25) is 0 Å². The van der Waals surface area contributed by atoms with Crippen LogP contribution in [0.15, 0.2) is 23.4 Å². The molecule has 0 aromatic heterocycles. The van der Waals surface area contributed by atoms with Crippen LogP contribution in [0.5, 0.6) is 5.75 Å². The maximum Gasteiger partial charge on any atom is 0.122 e. The highest BCUT2D eigenvalue weighted by Crippen LogP contribution is 2.24. The molecule has 0 N–H and O–H groups in total. The van der Waals surface area contributed by atoms with E-state index in [1.807, 2.05) is 6.92 Å². The molecule has 64 valence electrons. The number of aryl methyl sites for hydroxylation is 1. The molecule has 0 aliphatic carbocycles. The second kappa shape index (κ2) is 3.85. The van der Waals surface area contributed by atoms with Crippen LogP contribution in [0.25, 0.3) is 0 Å². The van der Waals surface area contributed by atoms with Gasteiger partial charge in [0.05, 0.1) is 7.11 Å². The molecule has 0 aliphatic heterocycles. The third-order valence-electron chi connectivity index (χ3n) is 1.75. The van der Waals surface area contributed by atoms with E-state index in [9.17, 15) is 4.91 Å². The molecule has 0 saturated carbocycles. The average Bonchev–Trinajstić information content (AvgIpc) is 2.16. The Balaban J connectivity index is 3.10. The molecule has 0 atom stereocenters. The van der Waals surface area contributed by atoms with Gasteiger partial charge in [-0.1, -0.05) is 6.92 Å². The molecule has 0 amide bonds. The van der Waals surface area contributed by atoms with Crippen molar-refractivity contribution in [3.8, 4) is 5.75 Å². The number of hydrogen-bond acceptors (Lipinski definition) is 3. The summed E-state index contributed by atoms with van der Waals surface area (Å²) in [7, 11) is 1.61. The Morgan fingerprint density at radius 3 is 2.75 bits per heavy atom. The lowest BCUT2D eigenvalue weighted by molar-refractivity contribution is 0.410. The Morgan fingerprint density at radius 1 is 1.50 bits per heavy atom. The molecule has 0 bridgehead atoms. The highest BCUT2D eigenvalue weighted by molar-refractivity contribution is 5.47. The Bertz CT molecular complexity index is 284. The number of ether oxygens (including phenoxy) is 1. The molecule has 0 heterocycles. The molecule has 1 aromatic rings. The first kappa shape index (κ1) is 8.71. The molecule has 1 aromatic carbocycles. The van der Waals surface area contributed by atoms with Gasteiger partial charge in [0.25, 0.3) is 0 Å². The van der Waals surface area contributed by atoms with E-state index in [1.54, 1.807) is 25.3 Å². The van der Waals surface area contributed by atoms with Crippen LogP contribution in [-0.2, 0) is 6.42 Å². The van der Waals surface area contributed by atoms with Crippen molar-refractivity contribution >= 4 is 5.69 Å². The van der Waals surface area contributed by atoms with Crippen LogP contribution >= 0.6 is 0 Å². The Kier molecular flexibility index (Phi) is 2.80. The van der Waals surface area contributed by atoms with Gasteiger partial charge in [0.15, 0.2) is 0 Å². The third kappa shape index (κ3) is 1.61. The number of nitrogens with zero attached hydrogens (tertiary/aromatic N) is 1. The van der Waals surface area contributed by atoms with Crippen molar-refractivity contribution < 1.29 is 4.74 Å². The van der Waals surface area contributed by atoms with Crippen LogP contribution in [0.3, 0.4) is 0 Å². The van der Waals surface area contributed by atoms with Crippen molar-refractivity contribution in [1.29, 1.82) is 0 Å². The Morgan fingerprint density at radius 2 is 2.25 bits per heavy atom. The Labute approximate surface area is 71.3 Å². The maximum atomic E-state index is 10.2. The summed E-state index contributed by atoms with van der Waals surface area (Å²) in [6.07, 6.45) is 0.840. The number of methoxy groups -OCH3 is 1. The molecule has 0 spiro atoms. The third-order valence-corrected chi connectivity index (χ3v) is 1.75. The van der Waals surface area contributed by atoms with Crippen LogP contribution in [-0.4, -0.2) is 7.11 Å². The van der Waals surface area contributed by atoms with Crippen molar-refractivity contribution in [1.82, 2.24) is 0 Å². The first-order valence-electron chi connectivity index (χ1n) is 3.82. The van der Waals surface area contributed by atoms with Gasteiger partial charge in [0.1, 0.15) is 11.4 Å². The summed E-state index contributed by atoms with van der Waals surface area (Å²) in [5.41, 5.74) is 1.46. The minimum absolute atomic E-state index is 0.452. The van der Waals surface area contributed by atoms with Crippen molar-refractivity contribution in [2.75, 3.05) is 7.11 Å². The summed E-state index contributed by atoms with van der Waals surface area (Å²) < 4.78 is 5.09. The molecule has 0 saturated heterocycles. The Hall–Kier alpha value is -1.38. The number of hydrogen-bond donors (Lipinski definition) is 0. The van der Waals surface area contributed by atoms with Gasteiger partial charge < -0.3 is 4.74 Å². The monoisotopic (exact) mass is 165 g/mol. The lowest BCUT2D eigenvalue weighted by Gasteiger charge is -2.05. The van der Waals surface area contributed by atoms with E-state index >= 15 is 0 Å².